The molecule has 2 nitrogen and oxygen atoms in total. The molecule has 0 amide bonds. The minimum atomic E-state index is -0.191. The number of aromatic hydroxyl groups is 2. The van der Waals surface area contributed by atoms with E-state index >= 15 is 0 Å². The second kappa shape index (κ2) is 3.77. The fourth-order valence-electron chi connectivity index (χ4n) is 2.73. The van der Waals surface area contributed by atoms with Crippen LogP contribution in [0.1, 0.15) is 29.5 Å². The number of phenols is 2. The molecule has 1 saturated carbocycles. The summed E-state index contributed by atoms with van der Waals surface area (Å²) in [6.07, 6.45) is 1.95. The third kappa shape index (κ3) is 1.57. The monoisotopic (exact) mass is 240 g/mol. The predicted octanol–water partition coefficient (Wildman–Crippen LogP) is 3.49. The number of benzene rings is 2. The van der Waals surface area contributed by atoms with Gasteiger partial charge in [-0.15, -0.1) is 0 Å². The molecule has 0 spiro atoms. The maximum Gasteiger partial charge on any atom is 0.119 e. The van der Waals surface area contributed by atoms with Crippen LogP contribution in [0.4, 0.5) is 0 Å². The summed E-state index contributed by atoms with van der Waals surface area (Å²) in [4.78, 5) is 0. The smallest absolute Gasteiger partial charge is 0.119 e. The normalized spacial score (nSPS) is 16.5. The predicted molar refractivity (Wildman–Crippen MR) is 71.0 cm³/mol. The van der Waals surface area contributed by atoms with Crippen LogP contribution in [0, 0.1) is 6.92 Å². The molecule has 2 heteroatoms. The van der Waals surface area contributed by atoms with Crippen molar-refractivity contribution in [2.24, 2.45) is 0 Å². The summed E-state index contributed by atoms with van der Waals surface area (Å²) in [6, 6.07) is 13.2. The van der Waals surface area contributed by atoms with Gasteiger partial charge in [-0.05, 0) is 37.5 Å². The van der Waals surface area contributed by atoms with Crippen molar-refractivity contribution in [1.29, 1.82) is 0 Å². The molecule has 0 aromatic heterocycles. The molecule has 1 aliphatic carbocycles. The van der Waals surface area contributed by atoms with Gasteiger partial charge in [0.15, 0.2) is 0 Å². The third-order valence-corrected chi connectivity index (χ3v) is 3.84. The van der Waals surface area contributed by atoms with Gasteiger partial charge in [-0.1, -0.05) is 30.3 Å². The summed E-state index contributed by atoms with van der Waals surface area (Å²) in [5.74, 6) is 0.644. The maximum absolute atomic E-state index is 10.1. The number of hydrogen-bond donors (Lipinski definition) is 2. The van der Waals surface area contributed by atoms with Gasteiger partial charge in [-0.3, -0.25) is 0 Å². The average Bonchev–Trinajstić information content (AvgIpc) is 3.11. The summed E-state index contributed by atoms with van der Waals surface area (Å²) < 4.78 is 0. The summed E-state index contributed by atoms with van der Waals surface area (Å²) in [5, 5.41) is 20.1. The number of hydrogen-bond acceptors (Lipinski definition) is 2. The Balaban J connectivity index is 2.14. The van der Waals surface area contributed by atoms with Gasteiger partial charge < -0.3 is 10.2 Å². The molecule has 2 N–H and O–H groups in total. The first-order valence-corrected chi connectivity index (χ1v) is 6.22. The molecular weight excluding hydrogens is 224 g/mol. The fourth-order valence-corrected chi connectivity index (χ4v) is 2.73. The van der Waals surface area contributed by atoms with Crippen LogP contribution in [-0.4, -0.2) is 10.2 Å². The third-order valence-electron chi connectivity index (χ3n) is 3.84. The maximum atomic E-state index is 10.1. The largest absolute Gasteiger partial charge is 0.508 e. The lowest BCUT2D eigenvalue weighted by molar-refractivity contribution is 0.452. The van der Waals surface area contributed by atoms with Crippen LogP contribution in [0.15, 0.2) is 42.5 Å². The first-order valence-electron chi connectivity index (χ1n) is 6.22. The Hall–Kier alpha value is -1.96. The molecule has 0 aliphatic heterocycles. The molecule has 2 aromatic carbocycles. The highest BCUT2D eigenvalue weighted by molar-refractivity contribution is 5.55. The molecule has 1 aliphatic rings. The quantitative estimate of drug-likeness (QED) is 0.843. The van der Waals surface area contributed by atoms with Crippen LogP contribution in [-0.2, 0) is 5.41 Å². The Labute approximate surface area is 107 Å². The summed E-state index contributed by atoms with van der Waals surface area (Å²) in [6.45, 7) is 1.96. The summed E-state index contributed by atoms with van der Waals surface area (Å²) >= 11 is 0. The minimum absolute atomic E-state index is 0.191. The minimum Gasteiger partial charge on any atom is -0.508 e. The number of phenolic OH excluding ortho intramolecular Hbond substituents is 2. The molecule has 0 unspecified atom stereocenters. The van der Waals surface area contributed by atoms with E-state index in [1.54, 1.807) is 12.1 Å². The van der Waals surface area contributed by atoms with Crippen molar-refractivity contribution in [1.82, 2.24) is 0 Å². The van der Waals surface area contributed by atoms with Crippen LogP contribution in [0.25, 0.3) is 0 Å². The Morgan fingerprint density at radius 3 is 2.17 bits per heavy atom. The zero-order chi connectivity index (χ0) is 12.8. The van der Waals surface area contributed by atoms with Gasteiger partial charge in [0.1, 0.15) is 11.5 Å². The molecule has 2 aromatic rings. The highest BCUT2D eigenvalue weighted by atomic mass is 16.3. The summed E-state index contributed by atoms with van der Waals surface area (Å²) in [7, 11) is 0. The van der Waals surface area contributed by atoms with Crippen LogP contribution in [0.3, 0.4) is 0 Å². The Morgan fingerprint density at radius 1 is 0.889 bits per heavy atom. The van der Waals surface area contributed by atoms with Gasteiger partial charge in [0, 0.05) is 16.5 Å². The standard InChI is InChI=1S/C16H16O2/c1-11-6-7-13(15(18)10-11)16(8-9-16)12-4-2-3-5-14(12)17/h2-7,10,17-18H,8-9H2,1H3. The number of rotatable bonds is 2. The topological polar surface area (TPSA) is 40.5 Å². The van der Waals surface area contributed by atoms with Gasteiger partial charge in [0.2, 0.25) is 0 Å². The Bertz CT molecular complexity index is 598. The summed E-state index contributed by atoms with van der Waals surface area (Å²) in [5.41, 5.74) is 2.70. The average molecular weight is 240 g/mol. The highest BCUT2D eigenvalue weighted by Crippen LogP contribution is 2.57. The molecule has 0 atom stereocenters. The zero-order valence-corrected chi connectivity index (χ0v) is 10.4. The van der Waals surface area contributed by atoms with E-state index in [1.807, 2.05) is 37.3 Å². The highest BCUT2D eigenvalue weighted by Gasteiger charge is 2.48. The van der Waals surface area contributed by atoms with E-state index in [4.69, 9.17) is 0 Å². The van der Waals surface area contributed by atoms with Crippen molar-refractivity contribution in [3.63, 3.8) is 0 Å². The van der Waals surface area contributed by atoms with Gasteiger partial charge in [0.25, 0.3) is 0 Å². The van der Waals surface area contributed by atoms with Crippen molar-refractivity contribution in [3.8, 4) is 11.5 Å². The van der Waals surface area contributed by atoms with Crippen molar-refractivity contribution < 1.29 is 10.2 Å². The second-order valence-electron chi connectivity index (χ2n) is 5.12. The first kappa shape index (κ1) is 11.1. The first-order chi connectivity index (χ1) is 8.63. The Kier molecular flexibility index (Phi) is 2.34. The second-order valence-corrected chi connectivity index (χ2v) is 5.12. The van der Waals surface area contributed by atoms with E-state index in [-0.39, 0.29) is 5.41 Å². The lowest BCUT2D eigenvalue weighted by Crippen LogP contribution is -2.09. The van der Waals surface area contributed by atoms with Crippen molar-refractivity contribution >= 4 is 0 Å². The van der Waals surface area contributed by atoms with Crippen molar-refractivity contribution in [3.05, 3.63) is 59.2 Å². The number of para-hydroxylation sites is 1. The molecule has 18 heavy (non-hydrogen) atoms. The van der Waals surface area contributed by atoms with E-state index in [0.717, 1.165) is 29.5 Å². The van der Waals surface area contributed by atoms with Crippen LogP contribution in [0.5, 0.6) is 11.5 Å². The fraction of sp³-hybridized carbons (Fsp3) is 0.250. The molecule has 3 rings (SSSR count). The molecule has 0 bridgehead atoms. The van der Waals surface area contributed by atoms with Gasteiger partial charge in [0.05, 0.1) is 0 Å². The lowest BCUT2D eigenvalue weighted by Gasteiger charge is -2.19. The van der Waals surface area contributed by atoms with Gasteiger partial charge in [-0.2, -0.15) is 0 Å². The van der Waals surface area contributed by atoms with Crippen molar-refractivity contribution in [2.75, 3.05) is 0 Å². The van der Waals surface area contributed by atoms with E-state index in [2.05, 4.69) is 0 Å². The van der Waals surface area contributed by atoms with Crippen LogP contribution >= 0.6 is 0 Å². The van der Waals surface area contributed by atoms with Crippen LogP contribution in [0.2, 0.25) is 0 Å². The molecule has 1 fully saturated rings. The molecular formula is C16H16O2. The van der Waals surface area contributed by atoms with Crippen LogP contribution < -0.4 is 0 Å². The Morgan fingerprint density at radius 2 is 1.56 bits per heavy atom. The van der Waals surface area contributed by atoms with E-state index in [9.17, 15) is 10.2 Å². The van der Waals surface area contributed by atoms with E-state index < -0.39 is 0 Å². The molecule has 0 heterocycles. The SMILES string of the molecule is Cc1ccc(C2(c3ccccc3O)CC2)c(O)c1. The molecule has 92 valence electrons. The van der Waals surface area contributed by atoms with E-state index in [0.29, 0.717) is 11.5 Å². The molecule has 0 radical (unpaired) electrons. The van der Waals surface area contributed by atoms with Gasteiger partial charge in [-0.25, -0.2) is 0 Å². The zero-order valence-electron chi connectivity index (χ0n) is 10.4. The van der Waals surface area contributed by atoms with Crippen molar-refractivity contribution in [2.45, 2.75) is 25.2 Å². The van der Waals surface area contributed by atoms with E-state index in [1.165, 1.54) is 0 Å². The number of aryl methyl sites for hydroxylation is 1. The van der Waals surface area contributed by atoms with Gasteiger partial charge >= 0.3 is 0 Å². The lowest BCUT2D eigenvalue weighted by atomic mass is 9.86. The molecule has 0 saturated heterocycles.